The first kappa shape index (κ1) is 17.1. The summed E-state index contributed by atoms with van der Waals surface area (Å²) in [5.41, 5.74) is 0.155. The Labute approximate surface area is 153 Å². The van der Waals surface area contributed by atoms with Crippen LogP contribution >= 0.6 is 0 Å². The summed E-state index contributed by atoms with van der Waals surface area (Å²) in [7, 11) is 0. The Morgan fingerprint density at radius 3 is 3.11 bits per heavy atom. The first-order chi connectivity index (χ1) is 13.2. The van der Waals surface area contributed by atoms with Crippen LogP contribution in [0.2, 0.25) is 0 Å². The molecule has 12 heteroatoms. The number of aromatic amines is 1. The molecule has 4 rings (SSSR count). The van der Waals surface area contributed by atoms with E-state index in [9.17, 15) is 9.59 Å². The second kappa shape index (κ2) is 7.51. The molecule has 12 nitrogen and oxygen atoms in total. The van der Waals surface area contributed by atoms with E-state index >= 15 is 0 Å². The van der Waals surface area contributed by atoms with E-state index in [1.807, 2.05) is 0 Å². The second-order valence-electron chi connectivity index (χ2n) is 6.54. The predicted molar refractivity (Wildman–Crippen MR) is 93.9 cm³/mol. The summed E-state index contributed by atoms with van der Waals surface area (Å²) < 4.78 is 2.82. The number of amides is 1. The van der Waals surface area contributed by atoms with Crippen molar-refractivity contribution in [3.8, 4) is 0 Å². The number of hydrogen-bond donors (Lipinski definition) is 2. The Balaban J connectivity index is 1.49. The SMILES string of the molecule is O=C(Cn1cn[nH]c1=O)N1CCCCCC(Nc2nccn3nnnc23)C1. The fourth-order valence-corrected chi connectivity index (χ4v) is 3.27. The average molecular weight is 372 g/mol. The van der Waals surface area contributed by atoms with Crippen LogP contribution in [0.4, 0.5) is 5.82 Å². The molecule has 3 aromatic heterocycles. The van der Waals surface area contributed by atoms with Gasteiger partial charge in [-0.1, -0.05) is 12.8 Å². The van der Waals surface area contributed by atoms with Crippen LogP contribution in [0.3, 0.4) is 0 Å². The van der Waals surface area contributed by atoms with Crippen molar-refractivity contribution in [1.29, 1.82) is 0 Å². The normalized spacial score (nSPS) is 18.2. The number of anilines is 1. The minimum atomic E-state index is -0.389. The number of nitrogens with zero attached hydrogens (tertiary/aromatic N) is 8. The smallest absolute Gasteiger partial charge is 0.343 e. The molecule has 142 valence electrons. The molecule has 1 aliphatic heterocycles. The highest BCUT2D eigenvalue weighted by Crippen LogP contribution is 2.17. The van der Waals surface area contributed by atoms with Crippen molar-refractivity contribution in [2.24, 2.45) is 0 Å². The number of hydrogen-bond acceptors (Lipinski definition) is 8. The Hall–Kier alpha value is -3.31. The van der Waals surface area contributed by atoms with Gasteiger partial charge >= 0.3 is 5.69 Å². The maximum atomic E-state index is 12.7. The molecule has 4 heterocycles. The zero-order valence-electron chi connectivity index (χ0n) is 14.7. The van der Waals surface area contributed by atoms with Crippen LogP contribution in [0.1, 0.15) is 25.7 Å². The molecule has 1 unspecified atom stereocenters. The van der Waals surface area contributed by atoms with Gasteiger partial charge < -0.3 is 10.2 Å². The molecule has 0 saturated carbocycles. The van der Waals surface area contributed by atoms with E-state index < -0.39 is 0 Å². The Kier molecular flexibility index (Phi) is 4.77. The van der Waals surface area contributed by atoms with Crippen molar-refractivity contribution >= 4 is 17.4 Å². The standard InChI is InChI=1S/C15H20N10O2/c26-12(9-24-10-17-20-15(24)27)23-6-3-1-2-4-11(8-23)18-13-14-19-21-22-25(14)7-5-16-13/h5,7,10-11H,1-4,6,8-9H2,(H,16,18)(H,20,27). The lowest BCUT2D eigenvalue weighted by Crippen LogP contribution is -2.44. The number of carbonyl (C=O) groups excluding carboxylic acids is 1. The molecule has 0 aromatic carbocycles. The van der Waals surface area contributed by atoms with Crippen LogP contribution in [-0.2, 0) is 11.3 Å². The van der Waals surface area contributed by atoms with Crippen molar-refractivity contribution in [2.75, 3.05) is 18.4 Å². The Bertz CT molecular complexity index is 976. The maximum absolute atomic E-state index is 12.7. The summed E-state index contributed by atoms with van der Waals surface area (Å²) in [4.78, 5) is 30.4. The fraction of sp³-hybridized carbons (Fsp3) is 0.533. The molecule has 0 radical (unpaired) electrons. The third-order valence-corrected chi connectivity index (χ3v) is 4.65. The van der Waals surface area contributed by atoms with Crippen LogP contribution in [0.25, 0.3) is 5.65 Å². The lowest BCUT2D eigenvalue weighted by molar-refractivity contribution is -0.132. The topological polar surface area (TPSA) is 139 Å². The Morgan fingerprint density at radius 2 is 2.26 bits per heavy atom. The molecule has 2 N–H and O–H groups in total. The van der Waals surface area contributed by atoms with Gasteiger partial charge in [-0.25, -0.2) is 14.9 Å². The van der Waals surface area contributed by atoms with Gasteiger partial charge in [-0.2, -0.15) is 9.61 Å². The molecule has 0 bridgehead atoms. The lowest BCUT2D eigenvalue weighted by atomic mass is 10.0. The highest BCUT2D eigenvalue weighted by Gasteiger charge is 2.22. The van der Waals surface area contributed by atoms with Gasteiger partial charge in [-0.15, -0.1) is 5.10 Å². The van der Waals surface area contributed by atoms with E-state index in [0.717, 1.165) is 25.7 Å². The largest absolute Gasteiger partial charge is 0.362 e. The molecule has 0 spiro atoms. The third-order valence-electron chi connectivity index (χ3n) is 4.65. The second-order valence-corrected chi connectivity index (χ2v) is 6.54. The zero-order chi connectivity index (χ0) is 18.6. The molecule has 1 atom stereocenters. The number of rotatable bonds is 4. The molecule has 1 amide bonds. The van der Waals surface area contributed by atoms with Crippen LogP contribution in [0.5, 0.6) is 0 Å². The number of likely N-dealkylation sites (tertiary alicyclic amines) is 1. The van der Waals surface area contributed by atoms with E-state index in [1.54, 1.807) is 21.8 Å². The van der Waals surface area contributed by atoms with Gasteiger partial charge in [0.25, 0.3) is 0 Å². The van der Waals surface area contributed by atoms with Crippen LogP contribution in [-0.4, -0.2) is 69.7 Å². The molecule has 1 aliphatic rings. The minimum absolute atomic E-state index is 0.0192. The molecular weight excluding hydrogens is 352 g/mol. The number of fused-ring (bicyclic) bond motifs is 1. The quantitative estimate of drug-likeness (QED) is 0.612. The molecule has 27 heavy (non-hydrogen) atoms. The number of nitrogens with one attached hydrogen (secondary N) is 2. The van der Waals surface area contributed by atoms with Gasteiger partial charge in [-0.05, 0) is 23.3 Å². The first-order valence-corrected chi connectivity index (χ1v) is 8.87. The maximum Gasteiger partial charge on any atom is 0.343 e. The average Bonchev–Trinajstić information content (AvgIpc) is 3.27. The minimum Gasteiger partial charge on any atom is -0.362 e. The third kappa shape index (κ3) is 3.78. The fourth-order valence-electron chi connectivity index (χ4n) is 3.27. The summed E-state index contributed by atoms with van der Waals surface area (Å²) in [5.74, 6) is 0.481. The highest BCUT2D eigenvalue weighted by atomic mass is 16.2. The van der Waals surface area contributed by atoms with Gasteiger partial charge in [0.2, 0.25) is 11.6 Å². The van der Waals surface area contributed by atoms with E-state index in [4.69, 9.17) is 0 Å². The van der Waals surface area contributed by atoms with Crippen LogP contribution < -0.4 is 11.0 Å². The highest BCUT2D eigenvalue weighted by molar-refractivity contribution is 5.76. The summed E-state index contributed by atoms with van der Waals surface area (Å²) in [6.07, 6.45) is 8.59. The molecule has 1 saturated heterocycles. The molecule has 1 fully saturated rings. The monoisotopic (exact) mass is 372 g/mol. The first-order valence-electron chi connectivity index (χ1n) is 8.87. The summed E-state index contributed by atoms with van der Waals surface area (Å²) in [5, 5.41) is 20.9. The molecular formula is C15H20N10O2. The zero-order valence-corrected chi connectivity index (χ0v) is 14.7. The number of H-pyrrole nitrogens is 1. The van der Waals surface area contributed by atoms with E-state index in [-0.39, 0.29) is 24.2 Å². The van der Waals surface area contributed by atoms with Gasteiger partial charge in [0.05, 0.1) is 6.20 Å². The van der Waals surface area contributed by atoms with Crippen LogP contribution in [0.15, 0.2) is 23.5 Å². The van der Waals surface area contributed by atoms with Crippen LogP contribution in [0, 0.1) is 0 Å². The van der Waals surface area contributed by atoms with Crippen molar-refractivity contribution in [3.63, 3.8) is 0 Å². The van der Waals surface area contributed by atoms with Gasteiger partial charge in [-0.3, -0.25) is 9.36 Å². The Morgan fingerprint density at radius 1 is 1.33 bits per heavy atom. The van der Waals surface area contributed by atoms with Crippen molar-refractivity contribution in [1.82, 2.24) is 44.7 Å². The summed E-state index contributed by atoms with van der Waals surface area (Å²) in [6.45, 7) is 1.16. The lowest BCUT2D eigenvalue weighted by Gasteiger charge is -2.30. The molecule has 3 aromatic rings. The van der Waals surface area contributed by atoms with Crippen molar-refractivity contribution in [2.45, 2.75) is 38.3 Å². The van der Waals surface area contributed by atoms with Crippen molar-refractivity contribution < 1.29 is 4.79 Å². The van der Waals surface area contributed by atoms with Gasteiger partial charge in [0, 0.05) is 25.3 Å². The number of tetrazole rings is 1. The summed E-state index contributed by atoms with van der Waals surface area (Å²) >= 11 is 0. The van der Waals surface area contributed by atoms with Gasteiger partial charge in [0.15, 0.2) is 5.82 Å². The summed E-state index contributed by atoms with van der Waals surface area (Å²) in [6, 6.07) is 0.0192. The predicted octanol–water partition coefficient (Wildman–Crippen LogP) is -0.713. The van der Waals surface area contributed by atoms with Gasteiger partial charge in [0.1, 0.15) is 12.9 Å². The number of aromatic nitrogens is 8. The number of carbonyl (C=O) groups is 1. The molecule has 0 aliphatic carbocycles. The van der Waals surface area contributed by atoms with E-state index in [2.05, 4.69) is 36.0 Å². The van der Waals surface area contributed by atoms with Crippen molar-refractivity contribution in [3.05, 3.63) is 29.2 Å². The van der Waals surface area contributed by atoms with E-state index in [0.29, 0.717) is 24.6 Å². The van der Waals surface area contributed by atoms with E-state index in [1.165, 1.54) is 10.9 Å².